The van der Waals surface area contributed by atoms with Crippen molar-refractivity contribution in [2.75, 3.05) is 0 Å². The first kappa shape index (κ1) is 30.4. The van der Waals surface area contributed by atoms with Crippen LogP contribution in [-0.4, -0.2) is 14.1 Å². The van der Waals surface area contributed by atoms with Crippen LogP contribution in [0.3, 0.4) is 0 Å². The van der Waals surface area contributed by atoms with Crippen LogP contribution in [0.5, 0.6) is 0 Å². The Balaban J connectivity index is 1.24. The Labute approximate surface area is 312 Å². The highest BCUT2D eigenvalue weighted by atomic mass is 15.0. The Morgan fingerprint density at radius 1 is 0.296 bits per heavy atom. The molecule has 0 aliphatic carbocycles. The maximum Gasteiger partial charge on any atom is 0.0715 e. The Bertz CT molecular complexity index is 3130. The molecule has 0 radical (unpaired) electrons. The van der Waals surface area contributed by atoms with Crippen LogP contribution in [0.2, 0.25) is 0 Å². The lowest BCUT2D eigenvalue weighted by Gasteiger charge is -2.14. The number of nitrogens with zero attached hydrogens (tertiary/aromatic N) is 3. The number of rotatable bonds is 5. The lowest BCUT2D eigenvalue weighted by Crippen LogP contribution is -1.97. The van der Waals surface area contributed by atoms with E-state index in [0.717, 1.165) is 45.0 Å². The molecule has 3 aromatic heterocycles. The first-order valence-electron chi connectivity index (χ1n) is 18.5. The van der Waals surface area contributed by atoms with Crippen molar-refractivity contribution in [3.63, 3.8) is 0 Å². The summed E-state index contributed by atoms with van der Waals surface area (Å²) in [6.45, 7) is 0. The summed E-state index contributed by atoms with van der Waals surface area (Å²) >= 11 is 0. The molecule has 0 amide bonds. The van der Waals surface area contributed by atoms with Crippen LogP contribution >= 0.6 is 0 Å². The largest absolute Gasteiger partial charge is 0.309 e. The monoisotopic (exact) mass is 687 g/mol. The van der Waals surface area contributed by atoms with Crippen molar-refractivity contribution in [2.24, 2.45) is 0 Å². The minimum absolute atomic E-state index is 0.955. The van der Waals surface area contributed by atoms with Gasteiger partial charge < -0.3 is 9.13 Å². The molecule has 0 aliphatic heterocycles. The van der Waals surface area contributed by atoms with Crippen molar-refractivity contribution in [2.45, 2.75) is 0 Å². The fraction of sp³-hybridized carbons (Fsp3) is 0. The van der Waals surface area contributed by atoms with E-state index in [9.17, 15) is 0 Å². The van der Waals surface area contributed by atoms with Crippen molar-refractivity contribution in [1.29, 1.82) is 0 Å². The lowest BCUT2D eigenvalue weighted by atomic mass is 9.99. The minimum Gasteiger partial charge on any atom is -0.309 e. The van der Waals surface area contributed by atoms with Gasteiger partial charge in [0.05, 0.1) is 33.5 Å². The summed E-state index contributed by atoms with van der Waals surface area (Å²) in [5, 5.41) is 7.52. The van der Waals surface area contributed by atoms with Crippen LogP contribution in [0.25, 0.3) is 99.4 Å². The van der Waals surface area contributed by atoms with E-state index in [1.54, 1.807) is 0 Å². The summed E-state index contributed by atoms with van der Waals surface area (Å²) in [5.41, 5.74) is 13.5. The Morgan fingerprint density at radius 2 is 0.759 bits per heavy atom. The molecule has 54 heavy (non-hydrogen) atoms. The minimum atomic E-state index is 0.955. The normalized spacial score (nSPS) is 11.7. The van der Waals surface area contributed by atoms with Crippen LogP contribution in [0.1, 0.15) is 0 Å². The van der Waals surface area contributed by atoms with Crippen molar-refractivity contribution in [3.8, 4) is 45.0 Å². The fourth-order valence-electron chi connectivity index (χ4n) is 8.54. The van der Waals surface area contributed by atoms with E-state index in [1.165, 1.54) is 54.4 Å². The number of hydrogen-bond donors (Lipinski definition) is 0. The first-order valence-corrected chi connectivity index (χ1v) is 18.5. The van der Waals surface area contributed by atoms with E-state index in [0.29, 0.717) is 0 Å². The average molecular weight is 688 g/mol. The second kappa shape index (κ2) is 12.2. The van der Waals surface area contributed by atoms with Gasteiger partial charge in [-0.3, -0.25) is 0 Å². The SMILES string of the molecule is c1ccc(-c2cc(-c3cccc(-n4c5ccccc5c5c4c4ccccc4c4c6ccccc6n(-c6ccccc6)c45)c3)cc(-c3ccccc3)n2)cc1. The first-order chi connectivity index (χ1) is 26.8. The molecule has 0 aliphatic rings. The third-order valence-corrected chi connectivity index (χ3v) is 10.9. The standard InChI is InChI=1S/C51H33N3/c1-4-17-34(18-5-1)44-32-37(33-45(52-44)35-19-6-2-7-20-35)36-21-16-24-39(31-36)54-47-30-15-13-28-43(47)49-50(54)41-26-11-10-25-40(41)48-42-27-12-14-29-46(42)53(51(48)49)38-22-8-3-9-23-38/h1-33H. The third-order valence-electron chi connectivity index (χ3n) is 10.9. The number of pyridine rings is 1. The smallest absolute Gasteiger partial charge is 0.0715 e. The van der Waals surface area contributed by atoms with Crippen molar-refractivity contribution >= 4 is 54.4 Å². The molecule has 3 heteroatoms. The summed E-state index contributed by atoms with van der Waals surface area (Å²) in [6.07, 6.45) is 0. The number of para-hydroxylation sites is 3. The Morgan fingerprint density at radius 3 is 1.39 bits per heavy atom. The molecule has 0 saturated carbocycles. The van der Waals surface area contributed by atoms with E-state index < -0.39 is 0 Å². The zero-order valence-electron chi connectivity index (χ0n) is 29.4. The predicted molar refractivity (Wildman–Crippen MR) is 227 cm³/mol. The number of hydrogen-bond acceptors (Lipinski definition) is 1. The van der Waals surface area contributed by atoms with Crippen LogP contribution in [0.4, 0.5) is 0 Å². The summed E-state index contributed by atoms with van der Waals surface area (Å²) in [5.74, 6) is 0. The van der Waals surface area contributed by atoms with Gasteiger partial charge in [0.2, 0.25) is 0 Å². The van der Waals surface area contributed by atoms with Crippen molar-refractivity contribution in [3.05, 3.63) is 200 Å². The molecule has 0 N–H and O–H groups in total. The summed E-state index contributed by atoms with van der Waals surface area (Å²) < 4.78 is 4.96. The quantitative estimate of drug-likeness (QED) is 0.177. The molecule has 252 valence electrons. The molecule has 0 spiro atoms. The molecule has 11 rings (SSSR count). The van der Waals surface area contributed by atoms with Gasteiger partial charge in [-0.25, -0.2) is 4.98 Å². The molecule has 0 atom stereocenters. The molecule has 0 bridgehead atoms. The van der Waals surface area contributed by atoms with Gasteiger partial charge in [-0.1, -0.05) is 152 Å². The Kier molecular flexibility index (Phi) is 6.86. The molecule has 0 fully saturated rings. The van der Waals surface area contributed by atoms with E-state index in [2.05, 4.69) is 209 Å². The summed E-state index contributed by atoms with van der Waals surface area (Å²) in [7, 11) is 0. The van der Waals surface area contributed by atoms with Gasteiger partial charge in [-0.15, -0.1) is 0 Å². The van der Waals surface area contributed by atoms with Gasteiger partial charge in [0.1, 0.15) is 0 Å². The average Bonchev–Trinajstić information content (AvgIpc) is 3.79. The third kappa shape index (κ3) is 4.65. The molecular weight excluding hydrogens is 655 g/mol. The molecule has 3 nitrogen and oxygen atoms in total. The van der Waals surface area contributed by atoms with Gasteiger partial charge in [-0.2, -0.15) is 0 Å². The topological polar surface area (TPSA) is 22.8 Å². The lowest BCUT2D eigenvalue weighted by molar-refractivity contribution is 1.18. The molecular formula is C51H33N3. The van der Waals surface area contributed by atoms with Crippen LogP contribution < -0.4 is 0 Å². The number of fused-ring (bicyclic) bond motifs is 10. The highest BCUT2D eigenvalue weighted by Gasteiger charge is 2.24. The van der Waals surface area contributed by atoms with E-state index >= 15 is 0 Å². The highest BCUT2D eigenvalue weighted by molar-refractivity contribution is 6.36. The second-order valence-electron chi connectivity index (χ2n) is 13.9. The van der Waals surface area contributed by atoms with Gasteiger partial charge in [0.25, 0.3) is 0 Å². The highest BCUT2D eigenvalue weighted by Crippen LogP contribution is 2.47. The van der Waals surface area contributed by atoms with Crippen LogP contribution in [0.15, 0.2) is 200 Å². The molecule has 0 saturated heterocycles. The van der Waals surface area contributed by atoms with Gasteiger partial charge in [0.15, 0.2) is 0 Å². The fourth-order valence-corrected chi connectivity index (χ4v) is 8.54. The summed E-state index contributed by atoms with van der Waals surface area (Å²) in [6, 6.07) is 71.9. The second-order valence-corrected chi connectivity index (χ2v) is 13.9. The zero-order chi connectivity index (χ0) is 35.6. The summed E-state index contributed by atoms with van der Waals surface area (Å²) in [4.78, 5) is 5.16. The molecule has 11 aromatic rings. The van der Waals surface area contributed by atoms with E-state index in [4.69, 9.17) is 4.98 Å². The zero-order valence-corrected chi connectivity index (χ0v) is 29.4. The number of aromatic nitrogens is 3. The Hall–Kier alpha value is -7.23. The molecule has 8 aromatic carbocycles. The molecule has 3 heterocycles. The van der Waals surface area contributed by atoms with E-state index in [-0.39, 0.29) is 0 Å². The van der Waals surface area contributed by atoms with E-state index in [1.807, 2.05) is 0 Å². The van der Waals surface area contributed by atoms with Crippen molar-refractivity contribution in [1.82, 2.24) is 14.1 Å². The number of benzene rings is 8. The van der Waals surface area contributed by atoms with Crippen LogP contribution in [-0.2, 0) is 0 Å². The van der Waals surface area contributed by atoms with Crippen LogP contribution in [0, 0.1) is 0 Å². The predicted octanol–water partition coefficient (Wildman–Crippen LogP) is 13.4. The van der Waals surface area contributed by atoms with Crippen molar-refractivity contribution < 1.29 is 0 Å². The maximum absolute atomic E-state index is 5.16. The maximum atomic E-state index is 5.16. The van der Waals surface area contributed by atoms with Gasteiger partial charge >= 0.3 is 0 Å². The van der Waals surface area contributed by atoms with Gasteiger partial charge in [0, 0.05) is 49.4 Å². The van der Waals surface area contributed by atoms with Gasteiger partial charge in [-0.05, 0) is 65.0 Å². The molecule has 0 unspecified atom stereocenters.